The SMILES string of the molecule is COc1ccc(CC(=O)Nc2cccc(N3CCOC3=O)c2)cc1. The Kier molecular flexibility index (Phi) is 4.65. The molecule has 1 fully saturated rings. The molecule has 3 rings (SSSR count). The zero-order valence-corrected chi connectivity index (χ0v) is 13.3. The number of rotatable bonds is 5. The number of hydrogen-bond donors (Lipinski definition) is 1. The minimum Gasteiger partial charge on any atom is -0.497 e. The quantitative estimate of drug-likeness (QED) is 0.917. The molecule has 0 unspecified atom stereocenters. The molecule has 2 aromatic carbocycles. The largest absolute Gasteiger partial charge is 0.497 e. The van der Waals surface area contributed by atoms with Gasteiger partial charge >= 0.3 is 6.09 Å². The average Bonchev–Trinajstić information content (AvgIpc) is 3.02. The smallest absolute Gasteiger partial charge is 0.414 e. The Morgan fingerprint density at radius 3 is 2.71 bits per heavy atom. The van der Waals surface area contributed by atoms with Gasteiger partial charge in [-0.05, 0) is 35.9 Å². The summed E-state index contributed by atoms with van der Waals surface area (Å²) in [4.78, 5) is 25.3. The second-order valence-electron chi connectivity index (χ2n) is 5.39. The fourth-order valence-electron chi connectivity index (χ4n) is 2.51. The van der Waals surface area contributed by atoms with Gasteiger partial charge in [-0.25, -0.2) is 4.79 Å². The molecule has 0 bridgehead atoms. The molecule has 1 N–H and O–H groups in total. The minimum atomic E-state index is -0.364. The molecule has 0 spiro atoms. The zero-order chi connectivity index (χ0) is 16.9. The van der Waals surface area contributed by atoms with Crippen LogP contribution in [0.2, 0.25) is 0 Å². The van der Waals surface area contributed by atoms with Crippen LogP contribution in [0.5, 0.6) is 5.75 Å². The number of nitrogens with zero attached hydrogens (tertiary/aromatic N) is 1. The van der Waals surface area contributed by atoms with Gasteiger partial charge < -0.3 is 14.8 Å². The third-order valence-corrected chi connectivity index (χ3v) is 3.73. The fourth-order valence-corrected chi connectivity index (χ4v) is 2.51. The molecule has 0 atom stereocenters. The maximum absolute atomic E-state index is 12.2. The highest BCUT2D eigenvalue weighted by molar-refractivity contribution is 5.94. The number of hydrogen-bond acceptors (Lipinski definition) is 4. The number of benzene rings is 2. The molecular formula is C18H18N2O4. The third kappa shape index (κ3) is 3.65. The molecule has 2 amide bonds. The van der Waals surface area contributed by atoms with Crippen LogP contribution in [-0.4, -0.2) is 32.3 Å². The predicted octanol–water partition coefficient (Wildman–Crippen LogP) is 2.83. The molecule has 1 heterocycles. The lowest BCUT2D eigenvalue weighted by Crippen LogP contribution is -2.23. The van der Waals surface area contributed by atoms with E-state index in [1.807, 2.05) is 30.3 Å². The summed E-state index contributed by atoms with van der Waals surface area (Å²) in [6, 6.07) is 14.5. The van der Waals surface area contributed by atoms with Crippen LogP contribution in [0.15, 0.2) is 48.5 Å². The van der Waals surface area contributed by atoms with E-state index in [2.05, 4.69) is 5.32 Å². The Morgan fingerprint density at radius 1 is 1.25 bits per heavy atom. The number of carbonyl (C=O) groups is 2. The topological polar surface area (TPSA) is 67.9 Å². The van der Waals surface area contributed by atoms with Crippen LogP contribution >= 0.6 is 0 Å². The van der Waals surface area contributed by atoms with Gasteiger partial charge in [0, 0.05) is 11.4 Å². The summed E-state index contributed by atoms with van der Waals surface area (Å²) in [6.45, 7) is 0.898. The second kappa shape index (κ2) is 7.04. The molecule has 0 aromatic heterocycles. The number of methoxy groups -OCH3 is 1. The van der Waals surface area contributed by atoms with Crippen molar-refractivity contribution in [3.8, 4) is 5.75 Å². The number of cyclic esters (lactones) is 1. The number of nitrogens with one attached hydrogen (secondary N) is 1. The van der Waals surface area contributed by atoms with Gasteiger partial charge in [-0.3, -0.25) is 9.69 Å². The van der Waals surface area contributed by atoms with E-state index in [0.717, 1.165) is 11.3 Å². The van der Waals surface area contributed by atoms with Crippen LogP contribution in [0.3, 0.4) is 0 Å². The van der Waals surface area contributed by atoms with Crippen LogP contribution in [-0.2, 0) is 16.0 Å². The minimum absolute atomic E-state index is 0.124. The first-order chi connectivity index (χ1) is 11.7. The van der Waals surface area contributed by atoms with Crippen molar-refractivity contribution in [3.63, 3.8) is 0 Å². The van der Waals surface area contributed by atoms with E-state index in [1.54, 1.807) is 30.2 Å². The summed E-state index contributed by atoms with van der Waals surface area (Å²) in [5.74, 6) is 0.630. The van der Waals surface area contributed by atoms with Crippen molar-refractivity contribution in [2.24, 2.45) is 0 Å². The molecule has 2 aromatic rings. The molecular weight excluding hydrogens is 308 g/mol. The van der Waals surface area contributed by atoms with Crippen LogP contribution in [0, 0.1) is 0 Å². The number of anilines is 2. The Morgan fingerprint density at radius 2 is 2.04 bits per heavy atom. The number of amides is 2. The van der Waals surface area contributed by atoms with Crippen molar-refractivity contribution in [1.29, 1.82) is 0 Å². The van der Waals surface area contributed by atoms with E-state index in [9.17, 15) is 9.59 Å². The summed E-state index contributed by atoms with van der Waals surface area (Å²) in [5, 5.41) is 2.85. The highest BCUT2D eigenvalue weighted by atomic mass is 16.6. The van der Waals surface area contributed by atoms with Crippen LogP contribution in [0.1, 0.15) is 5.56 Å². The maximum Gasteiger partial charge on any atom is 0.414 e. The number of ether oxygens (including phenoxy) is 2. The molecule has 1 aliphatic rings. The van der Waals surface area contributed by atoms with Gasteiger partial charge in [-0.15, -0.1) is 0 Å². The Balaban J connectivity index is 1.64. The van der Waals surface area contributed by atoms with Crippen molar-refractivity contribution in [2.75, 3.05) is 30.5 Å². The molecule has 6 heteroatoms. The number of carbonyl (C=O) groups excluding carboxylic acids is 2. The van der Waals surface area contributed by atoms with Gasteiger partial charge in [0.25, 0.3) is 0 Å². The first-order valence-electron chi connectivity index (χ1n) is 7.63. The molecule has 0 aliphatic carbocycles. The van der Waals surface area contributed by atoms with Gasteiger partial charge in [0.2, 0.25) is 5.91 Å². The lowest BCUT2D eigenvalue weighted by Gasteiger charge is -2.14. The van der Waals surface area contributed by atoms with Crippen LogP contribution in [0.25, 0.3) is 0 Å². The van der Waals surface area contributed by atoms with Crippen LogP contribution < -0.4 is 15.0 Å². The van der Waals surface area contributed by atoms with E-state index >= 15 is 0 Å². The lowest BCUT2D eigenvalue weighted by molar-refractivity contribution is -0.115. The summed E-state index contributed by atoms with van der Waals surface area (Å²) >= 11 is 0. The molecule has 6 nitrogen and oxygen atoms in total. The van der Waals surface area contributed by atoms with E-state index in [4.69, 9.17) is 9.47 Å². The molecule has 24 heavy (non-hydrogen) atoms. The van der Waals surface area contributed by atoms with Crippen molar-refractivity contribution >= 4 is 23.4 Å². The van der Waals surface area contributed by atoms with Gasteiger partial charge in [-0.1, -0.05) is 18.2 Å². The first-order valence-corrected chi connectivity index (χ1v) is 7.63. The Hall–Kier alpha value is -3.02. The molecule has 0 radical (unpaired) electrons. The normalized spacial score (nSPS) is 13.5. The molecule has 1 saturated heterocycles. The van der Waals surface area contributed by atoms with Crippen molar-refractivity contribution in [3.05, 3.63) is 54.1 Å². The van der Waals surface area contributed by atoms with Gasteiger partial charge in [0.05, 0.1) is 20.1 Å². The Labute approximate surface area is 140 Å². The summed E-state index contributed by atoms with van der Waals surface area (Å²) in [7, 11) is 1.60. The fraction of sp³-hybridized carbons (Fsp3) is 0.222. The molecule has 1 aliphatic heterocycles. The van der Waals surface area contributed by atoms with Gasteiger partial charge in [-0.2, -0.15) is 0 Å². The van der Waals surface area contributed by atoms with Crippen LogP contribution in [0.4, 0.5) is 16.2 Å². The standard InChI is InChI=1S/C18H18N2O4/c1-23-16-7-5-13(6-8-16)11-17(21)19-14-3-2-4-15(12-14)20-9-10-24-18(20)22/h2-8,12H,9-11H2,1H3,(H,19,21). The van der Waals surface area contributed by atoms with Gasteiger partial charge in [0.1, 0.15) is 12.4 Å². The maximum atomic E-state index is 12.2. The van der Waals surface area contributed by atoms with E-state index < -0.39 is 0 Å². The van der Waals surface area contributed by atoms with E-state index in [0.29, 0.717) is 24.5 Å². The van der Waals surface area contributed by atoms with Gasteiger partial charge in [0.15, 0.2) is 0 Å². The van der Waals surface area contributed by atoms with Crippen molar-refractivity contribution < 1.29 is 19.1 Å². The van der Waals surface area contributed by atoms with E-state index in [-0.39, 0.29) is 18.4 Å². The zero-order valence-electron chi connectivity index (χ0n) is 13.3. The highest BCUT2D eigenvalue weighted by Crippen LogP contribution is 2.22. The Bertz CT molecular complexity index is 743. The second-order valence-corrected chi connectivity index (χ2v) is 5.39. The summed E-state index contributed by atoms with van der Waals surface area (Å²) in [6.07, 6.45) is -0.100. The predicted molar refractivity (Wildman–Crippen MR) is 90.5 cm³/mol. The average molecular weight is 326 g/mol. The molecule has 124 valence electrons. The van der Waals surface area contributed by atoms with E-state index in [1.165, 1.54) is 0 Å². The summed E-state index contributed by atoms with van der Waals surface area (Å²) in [5.41, 5.74) is 2.25. The highest BCUT2D eigenvalue weighted by Gasteiger charge is 2.23. The monoisotopic (exact) mass is 326 g/mol. The lowest BCUT2D eigenvalue weighted by atomic mass is 10.1. The van der Waals surface area contributed by atoms with Crippen molar-refractivity contribution in [1.82, 2.24) is 0 Å². The van der Waals surface area contributed by atoms with Crippen molar-refractivity contribution in [2.45, 2.75) is 6.42 Å². The third-order valence-electron chi connectivity index (χ3n) is 3.73. The first kappa shape index (κ1) is 15.9. The summed E-state index contributed by atoms with van der Waals surface area (Å²) < 4.78 is 10.0. The molecule has 0 saturated carbocycles.